The molecule has 0 fully saturated rings. The molecule has 0 saturated heterocycles. The lowest BCUT2D eigenvalue weighted by molar-refractivity contribution is -0.122. The normalized spacial score (nSPS) is 10.9. The van der Waals surface area contributed by atoms with Gasteiger partial charge in [0.2, 0.25) is 5.91 Å². The van der Waals surface area contributed by atoms with Crippen molar-refractivity contribution in [1.82, 2.24) is 24.7 Å². The van der Waals surface area contributed by atoms with Crippen LogP contribution in [0.4, 0.5) is 0 Å². The smallest absolute Gasteiger partial charge is 0.293 e. The molecule has 7 nitrogen and oxygen atoms in total. The second kappa shape index (κ2) is 6.93. The van der Waals surface area contributed by atoms with Gasteiger partial charge in [-0.1, -0.05) is 36.4 Å². The van der Waals surface area contributed by atoms with Crippen LogP contribution in [0.2, 0.25) is 0 Å². The van der Waals surface area contributed by atoms with Gasteiger partial charge in [-0.25, -0.2) is 9.20 Å². The van der Waals surface area contributed by atoms with E-state index in [0.29, 0.717) is 17.8 Å². The fraction of sp³-hybridized carbons (Fsp3) is 0.111. The summed E-state index contributed by atoms with van der Waals surface area (Å²) in [5.74, 6) is -0.272. The Bertz CT molecular complexity index is 1100. The van der Waals surface area contributed by atoms with Crippen LogP contribution in [0.1, 0.15) is 5.56 Å². The van der Waals surface area contributed by atoms with Crippen LogP contribution in [0, 0.1) is 0 Å². The van der Waals surface area contributed by atoms with Crippen LogP contribution < -0.4 is 10.9 Å². The number of carbonyl (C=O) groups excluding carboxylic acids is 1. The molecule has 1 aromatic carbocycles. The molecule has 0 saturated carbocycles. The summed E-state index contributed by atoms with van der Waals surface area (Å²) in [4.78, 5) is 25.7. The van der Waals surface area contributed by atoms with Crippen molar-refractivity contribution in [1.29, 1.82) is 0 Å². The average molecular weight is 365 g/mol. The number of amides is 1. The van der Waals surface area contributed by atoms with Gasteiger partial charge in [0, 0.05) is 6.54 Å². The molecule has 0 aliphatic heterocycles. The Kier molecular flexibility index (Phi) is 4.32. The third-order valence-corrected chi connectivity index (χ3v) is 4.78. The van der Waals surface area contributed by atoms with Gasteiger partial charge in [0.1, 0.15) is 24.1 Å². The van der Waals surface area contributed by atoms with Crippen molar-refractivity contribution in [2.24, 2.45) is 0 Å². The van der Waals surface area contributed by atoms with E-state index in [1.165, 1.54) is 10.8 Å². The average Bonchev–Trinajstić information content (AvgIpc) is 3.33. The Morgan fingerprint density at radius 2 is 2.00 bits per heavy atom. The molecule has 0 bridgehead atoms. The number of fused-ring (bicyclic) bond motifs is 1. The van der Waals surface area contributed by atoms with Gasteiger partial charge >= 0.3 is 0 Å². The first-order valence-corrected chi connectivity index (χ1v) is 8.89. The molecule has 26 heavy (non-hydrogen) atoms. The number of hydrogen-bond acceptors (Lipinski definition) is 5. The molecule has 0 atom stereocenters. The number of hydrogen-bond donors (Lipinski definition) is 1. The number of nitrogens with one attached hydrogen (secondary N) is 1. The summed E-state index contributed by atoms with van der Waals surface area (Å²) < 4.78 is 2.59. The van der Waals surface area contributed by atoms with Crippen molar-refractivity contribution in [2.45, 2.75) is 13.1 Å². The van der Waals surface area contributed by atoms with Crippen molar-refractivity contribution in [3.05, 3.63) is 76.2 Å². The maximum absolute atomic E-state index is 12.6. The summed E-state index contributed by atoms with van der Waals surface area (Å²) in [5.41, 5.74) is 1.75. The van der Waals surface area contributed by atoms with E-state index >= 15 is 0 Å². The summed E-state index contributed by atoms with van der Waals surface area (Å²) in [5, 5.41) is 13.1. The maximum atomic E-state index is 12.6. The molecule has 0 radical (unpaired) electrons. The number of aromatic nitrogens is 4. The molecule has 130 valence electrons. The number of thiophene rings is 1. The third kappa shape index (κ3) is 3.27. The molecule has 8 heteroatoms. The first-order valence-electron chi connectivity index (χ1n) is 8.01. The summed E-state index contributed by atoms with van der Waals surface area (Å²) in [6, 6.07) is 15.2. The number of nitrogens with zero attached hydrogens (tertiary/aromatic N) is 4. The van der Waals surface area contributed by atoms with Gasteiger partial charge < -0.3 is 5.32 Å². The zero-order valence-electron chi connectivity index (χ0n) is 13.7. The zero-order valence-corrected chi connectivity index (χ0v) is 14.5. The van der Waals surface area contributed by atoms with Crippen LogP contribution in [0.5, 0.6) is 0 Å². The minimum atomic E-state index is -0.349. The molecular formula is C18H15N5O2S. The van der Waals surface area contributed by atoms with E-state index in [1.54, 1.807) is 17.4 Å². The molecule has 0 aliphatic carbocycles. The first kappa shape index (κ1) is 16.2. The minimum Gasteiger partial charge on any atom is -0.350 e. The van der Waals surface area contributed by atoms with Gasteiger partial charge in [-0.3, -0.25) is 9.59 Å². The number of carbonyl (C=O) groups is 1. The van der Waals surface area contributed by atoms with Crippen molar-refractivity contribution in [2.75, 3.05) is 0 Å². The lowest BCUT2D eigenvalue weighted by Crippen LogP contribution is -2.34. The monoisotopic (exact) mass is 365 g/mol. The summed E-state index contributed by atoms with van der Waals surface area (Å²) in [6.45, 7) is 0.271. The van der Waals surface area contributed by atoms with E-state index in [0.717, 1.165) is 15.1 Å². The van der Waals surface area contributed by atoms with E-state index in [2.05, 4.69) is 15.5 Å². The second-order valence-electron chi connectivity index (χ2n) is 5.69. The molecule has 0 spiro atoms. The Morgan fingerprint density at radius 3 is 2.77 bits per heavy atom. The highest BCUT2D eigenvalue weighted by Crippen LogP contribution is 2.23. The lowest BCUT2D eigenvalue weighted by atomic mass is 10.2. The third-order valence-electron chi connectivity index (χ3n) is 3.89. The van der Waals surface area contributed by atoms with E-state index in [-0.39, 0.29) is 18.0 Å². The van der Waals surface area contributed by atoms with E-state index in [4.69, 9.17) is 0 Å². The topological polar surface area (TPSA) is 81.3 Å². The van der Waals surface area contributed by atoms with Crippen LogP contribution in [0.25, 0.3) is 16.1 Å². The molecule has 0 unspecified atom stereocenters. The summed E-state index contributed by atoms with van der Waals surface area (Å²) in [7, 11) is 0. The van der Waals surface area contributed by atoms with Gasteiger partial charge in [0.15, 0.2) is 0 Å². The molecule has 3 heterocycles. The standard InChI is InChI=1S/C18H15N5O2S/c24-17(19-10-13-5-2-1-3-6-13)11-22-18(25)15-9-14(16-7-4-8-26-16)21-23(15)12-20-22/h1-9,12H,10-11H2,(H,19,24). The van der Waals surface area contributed by atoms with Gasteiger partial charge in [-0.05, 0) is 23.1 Å². The van der Waals surface area contributed by atoms with Gasteiger partial charge in [0.25, 0.3) is 5.56 Å². The first-order chi connectivity index (χ1) is 12.7. The van der Waals surface area contributed by atoms with Crippen molar-refractivity contribution in [3.63, 3.8) is 0 Å². The zero-order chi connectivity index (χ0) is 17.9. The van der Waals surface area contributed by atoms with E-state index < -0.39 is 0 Å². The largest absolute Gasteiger partial charge is 0.350 e. The van der Waals surface area contributed by atoms with E-state index in [9.17, 15) is 9.59 Å². The Hall–Kier alpha value is -3.26. The Morgan fingerprint density at radius 1 is 1.15 bits per heavy atom. The van der Waals surface area contributed by atoms with Gasteiger partial charge in [-0.2, -0.15) is 10.2 Å². The van der Waals surface area contributed by atoms with E-state index in [1.807, 2.05) is 47.8 Å². The number of rotatable bonds is 5. The molecule has 0 aliphatic rings. The molecule has 4 rings (SSSR count). The Balaban J connectivity index is 1.52. The fourth-order valence-corrected chi connectivity index (χ4v) is 3.27. The van der Waals surface area contributed by atoms with Crippen LogP contribution in [-0.4, -0.2) is 25.3 Å². The second-order valence-corrected chi connectivity index (χ2v) is 6.64. The highest BCUT2D eigenvalue weighted by atomic mass is 32.1. The van der Waals surface area contributed by atoms with Crippen LogP contribution in [0.15, 0.2) is 65.0 Å². The van der Waals surface area contributed by atoms with Gasteiger partial charge in [0.05, 0.1) is 4.88 Å². The summed E-state index contributed by atoms with van der Waals surface area (Å²) >= 11 is 1.55. The fourth-order valence-electron chi connectivity index (χ4n) is 2.58. The van der Waals surface area contributed by atoms with Crippen molar-refractivity contribution < 1.29 is 4.79 Å². The quantitative estimate of drug-likeness (QED) is 0.586. The van der Waals surface area contributed by atoms with Crippen LogP contribution in [-0.2, 0) is 17.9 Å². The Labute approximate surface area is 152 Å². The molecule has 1 amide bonds. The SMILES string of the molecule is O=C(Cn1ncn2nc(-c3cccs3)cc2c1=O)NCc1ccccc1. The molecule has 4 aromatic rings. The van der Waals surface area contributed by atoms with Crippen LogP contribution >= 0.6 is 11.3 Å². The lowest BCUT2D eigenvalue weighted by Gasteiger charge is -2.06. The highest BCUT2D eigenvalue weighted by molar-refractivity contribution is 7.13. The van der Waals surface area contributed by atoms with Crippen molar-refractivity contribution in [3.8, 4) is 10.6 Å². The predicted octanol–water partition coefficient (Wildman–Crippen LogP) is 1.94. The molecule has 3 aromatic heterocycles. The maximum Gasteiger partial charge on any atom is 0.293 e. The molecular weight excluding hydrogens is 350 g/mol. The van der Waals surface area contributed by atoms with Crippen LogP contribution in [0.3, 0.4) is 0 Å². The summed E-state index contributed by atoms with van der Waals surface area (Å²) in [6.07, 6.45) is 1.44. The number of benzene rings is 1. The minimum absolute atomic E-state index is 0.137. The molecule has 1 N–H and O–H groups in total. The van der Waals surface area contributed by atoms with Crippen molar-refractivity contribution >= 4 is 22.8 Å². The van der Waals surface area contributed by atoms with Gasteiger partial charge in [-0.15, -0.1) is 11.3 Å². The predicted molar refractivity (Wildman–Crippen MR) is 98.8 cm³/mol. The highest BCUT2D eigenvalue weighted by Gasteiger charge is 2.12.